The number of nitrogens with one attached hydrogen (secondary N) is 1. The van der Waals surface area contributed by atoms with Crippen LogP contribution < -0.4 is 5.32 Å². The van der Waals surface area contributed by atoms with E-state index in [0.29, 0.717) is 5.92 Å². The minimum atomic E-state index is 0.115. The second-order valence-corrected chi connectivity index (χ2v) is 6.76. The smallest absolute Gasteiger partial charge is 0.0949 e. The summed E-state index contributed by atoms with van der Waals surface area (Å²) in [5.41, 5.74) is 2.66. The summed E-state index contributed by atoms with van der Waals surface area (Å²) in [6.07, 6.45) is 0.127. The predicted molar refractivity (Wildman–Crippen MR) is 82.5 cm³/mol. The summed E-state index contributed by atoms with van der Waals surface area (Å²) >= 11 is 0. The molecule has 0 aliphatic carbocycles. The van der Waals surface area contributed by atoms with Crippen molar-refractivity contribution < 1.29 is 4.74 Å². The first-order chi connectivity index (χ1) is 8.78. The Balaban J connectivity index is 2.70. The Hall–Kier alpha value is -0.860. The zero-order valence-corrected chi connectivity index (χ0v) is 13.3. The van der Waals surface area contributed by atoms with Crippen LogP contribution in [0.15, 0.2) is 24.3 Å². The van der Waals surface area contributed by atoms with Crippen LogP contribution in [0, 0.1) is 12.8 Å². The molecule has 1 unspecified atom stereocenters. The van der Waals surface area contributed by atoms with Gasteiger partial charge in [0.1, 0.15) is 0 Å². The van der Waals surface area contributed by atoms with Gasteiger partial charge in [0.15, 0.2) is 0 Å². The minimum absolute atomic E-state index is 0.115. The third-order valence-corrected chi connectivity index (χ3v) is 2.90. The van der Waals surface area contributed by atoms with Gasteiger partial charge in [-0.1, -0.05) is 43.7 Å². The van der Waals surface area contributed by atoms with Gasteiger partial charge in [0, 0.05) is 18.7 Å². The van der Waals surface area contributed by atoms with Crippen LogP contribution in [0.3, 0.4) is 0 Å². The molecular weight excluding hydrogens is 234 g/mol. The third kappa shape index (κ3) is 6.74. The van der Waals surface area contributed by atoms with E-state index in [1.807, 2.05) is 0 Å². The van der Waals surface area contributed by atoms with E-state index in [9.17, 15) is 0 Å². The first-order valence-electron chi connectivity index (χ1n) is 7.21. The van der Waals surface area contributed by atoms with Crippen molar-refractivity contribution in [3.8, 4) is 0 Å². The van der Waals surface area contributed by atoms with Gasteiger partial charge < -0.3 is 10.1 Å². The molecule has 0 aromatic heterocycles. The Morgan fingerprint density at radius 3 is 2.16 bits per heavy atom. The highest BCUT2D eigenvalue weighted by molar-refractivity contribution is 5.23. The van der Waals surface area contributed by atoms with Crippen LogP contribution in [0.1, 0.15) is 51.8 Å². The largest absolute Gasteiger partial charge is 0.372 e. The van der Waals surface area contributed by atoms with Crippen LogP contribution in [-0.2, 0) is 4.74 Å². The van der Waals surface area contributed by atoms with Gasteiger partial charge in [0.25, 0.3) is 0 Å². The van der Waals surface area contributed by atoms with Gasteiger partial charge in [-0.3, -0.25) is 0 Å². The number of aryl methyl sites for hydroxylation is 1. The van der Waals surface area contributed by atoms with E-state index in [1.165, 1.54) is 11.1 Å². The minimum Gasteiger partial charge on any atom is -0.372 e. The molecule has 0 aliphatic rings. The zero-order valence-electron chi connectivity index (χ0n) is 13.3. The molecule has 1 N–H and O–H groups in total. The standard InChI is InChI=1S/C17H29NO/c1-13(2)12-19-16(11-18-17(4,5)6)15-9-7-14(3)8-10-15/h7-10,13,16,18H,11-12H2,1-6H3. The highest BCUT2D eigenvalue weighted by Gasteiger charge is 2.16. The first-order valence-corrected chi connectivity index (χ1v) is 7.21. The summed E-state index contributed by atoms with van der Waals surface area (Å²) < 4.78 is 6.06. The van der Waals surface area contributed by atoms with Crippen molar-refractivity contribution in [1.82, 2.24) is 5.32 Å². The molecule has 1 aromatic carbocycles. The lowest BCUT2D eigenvalue weighted by Gasteiger charge is -2.26. The Labute approximate surface area is 118 Å². The van der Waals surface area contributed by atoms with Gasteiger partial charge in [-0.15, -0.1) is 0 Å². The molecule has 19 heavy (non-hydrogen) atoms. The van der Waals surface area contributed by atoms with E-state index in [0.717, 1.165) is 13.2 Å². The summed E-state index contributed by atoms with van der Waals surface area (Å²) in [4.78, 5) is 0. The average Bonchev–Trinajstić information content (AvgIpc) is 2.29. The molecule has 2 nitrogen and oxygen atoms in total. The summed E-state index contributed by atoms with van der Waals surface area (Å²) in [5.74, 6) is 0.558. The maximum absolute atomic E-state index is 6.06. The van der Waals surface area contributed by atoms with Crippen LogP contribution in [0.2, 0.25) is 0 Å². The second-order valence-electron chi connectivity index (χ2n) is 6.76. The van der Waals surface area contributed by atoms with Crippen LogP contribution in [-0.4, -0.2) is 18.7 Å². The number of benzene rings is 1. The van der Waals surface area contributed by atoms with Gasteiger partial charge >= 0.3 is 0 Å². The fourth-order valence-corrected chi connectivity index (χ4v) is 1.76. The van der Waals surface area contributed by atoms with Crippen molar-refractivity contribution in [2.45, 2.75) is 53.2 Å². The lowest BCUT2D eigenvalue weighted by atomic mass is 10.0. The van der Waals surface area contributed by atoms with Gasteiger partial charge in [0.2, 0.25) is 0 Å². The quantitative estimate of drug-likeness (QED) is 0.834. The van der Waals surface area contributed by atoms with Crippen molar-refractivity contribution in [1.29, 1.82) is 0 Å². The normalized spacial score (nSPS) is 13.8. The van der Waals surface area contributed by atoms with Gasteiger partial charge in [0.05, 0.1) is 6.10 Å². The van der Waals surface area contributed by atoms with E-state index in [4.69, 9.17) is 4.74 Å². The van der Waals surface area contributed by atoms with Crippen molar-refractivity contribution in [2.75, 3.05) is 13.2 Å². The molecule has 0 heterocycles. The van der Waals surface area contributed by atoms with Crippen molar-refractivity contribution in [3.05, 3.63) is 35.4 Å². The predicted octanol–water partition coefficient (Wildman–Crippen LogP) is 4.10. The SMILES string of the molecule is Cc1ccc(C(CNC(C)(C)C)OCC(C)C)cc1. The molecule has 0 saturated heterocycles. The Morgan fingerprint density at radius 1 is 1.11 bits per heavy atom. The Kier molecular flexibility index (Phi) is 6.02. The van der Waals surface area contributed by atoms with E-state index in [1.54, 1.807) is 0 Å². The van der Waals surface area contributed by atoms with Gasteiger partial charge in [-0.25, -0.2) is 0 Å². The first kappa shape index (κ1) is 16.2. The lowest BCUT2D eigenvalue weighted by Crippen LogP contribution is -2.39. The van der Waals surface area contributed by atoms with E-state index >= 15 is 0 Å². The average molecular weight is 263 g/mol. The molecule has 1 aromatic rings. The topological polar surface area (TPSA) is 21.3 Å². The molecule has 0 saturated carbocycles. The molecule has 108 valence electrons. The fraction of sp³-hybridized carbons (Fsp3) is 0.647. The monoisotopic (exact) mass is 263 g/mol. The van der Waals surface area contributed by atoms with Crippen LogP contribution in [0.5, 0.6) is 0 Å². The zero-order chi connectivity index (χ0) is 14.5. The van der Waals surface area contributed by atoms with Gasteiger partial charge in [-0.05, 0) is 39.2 Å². The molecule has 0 fully saturated rings. The van der Waals surface area contributed by atoms with Crippen molar-refractivity contribution in [3.63, 3.8) is 0 Å². The summed E-state index contributed by atoms with van der Waals surface area (Å²) in [5, 5.41) is 3.53. The van der Waals surface area contributed by atoms with Crippen molar-refractivity contribution >= 4 is 0 Å². The van der Waals surface area contributed by atoms with E-state index < -0.39 is 0 Å². The lowest BCUT2D eigenvalue weighted by molar-refractivity contribution is 0.0315. The van der Waals surface area contributed by atoms with E-state index in [-0.39, 0.29) is 11.6 Å². The Bertz CT molecular complexity index is 362. The fourth-order valence-electron chi connectivity index (χ4n) is 1.76. The van der Waals surface area contributed by atoms with Crippen molar-refractivity contribution in [2.24, 2.45) is 5.92 Å². The molecule has 0 bridgehead atoms. The second kappa shape index (κ2) is 7.06. The molecule has 1 atom stereocenters. The molecule has 0 radical (unpaired) electrons. The van der Waals surface area contributed by atoms with Crippen LogP contribution in [0.25, 0.3) is 0 Å². The van der Waals surface area contributed by atoms with E-state index in [2.05, 4.69) is 71.1 Å². The number of rotatable bonds is 6. The van der Waals surface area contributed by atoms with Crippen LogP contribution >= 0.6 is 0 Å². The molecule has 2 heteroatoms. The molecule has 0 spiro atoms. The summed E-state index contributed by atoms with van der Waals surface area (Å²) in [7, 11) is 0. The maximum Gasteiger partial charge on any atom is 0.0949 e. The highest BCUT2D eigenvalue weighted by Crippen LogP contribution is 2.19. The highest BCUT2D eigenvalue weighted by atomic mass is 16.5. The maximum atomic E-state index is 6.06. The Morgan fingerprint density at radius 2 is 1.68 bits per heavy atom. The number of ether oxygens (including phenoxy) is 1. The molecular formula is C17H29NO. The summed E-state index contributed by atoms with van der Waals surface area (Å²) in [6.45, 7) is 14.7. The molecule has 1 rings (SSSR count). The number of hydrogen-bond donors (Lipinski definition) is 1. The summed E-state index contributed by atoms with van der Waals surface area (Å²) in [6, 6.07) is 8.64. The molecule has 0 aliphatic heterocycles. The van der Waals surface area contributed by atoms with Crippen LogP contribution in [0.4, 0.5) is 0 Å². The number of hydrogen-bond acceptors (Lipinski definition) is 2. The molecule has 0 amide bonds. The third-order valence-electron chi connectivity index (χ3n) is 2.90. The van der Waals surface area contributed by atoms with Gasteiger partial charge in [-0.2, -0.15) is 0 Å².